The lowest BCUT2D eigenvalue weighted by atomic mass is 10.1. The van der Waals surface area contributed by atoms with E-state index in [1.54, 1.807) is 20.4 Å². The standard InChI is InChI=1S/C13H13N5O2/c1-19-8-4-3-5-9(20-2)10(8)11-7-6-15-18-12(7)17-13(14)16-11/h3-6H,1-2H3,(H3,14,15,16,17,18). The highest BCUT2D eigenvalue weighted by atomic mass is 16.5. The molecule has 20 heavy (non-hydrogen) atoms. The number of aromatic amines is 1. The van der Waals surface area contributed by atoms with Gasteiger partial charge in [-0.15, -0.1) is 0 Å². The fraction of sp³-hybridized carbons (Fsp3) is 0.154. The first-order valence-corrected chi connectivity index (χ1v) is 5.92. The van der Waals surface area contributed by atoms with Crippen LogP contribution in [0.5, 0.6) is 11.5 Å². The van der Waals surface area contributed by atoms with E-state index in [1.807, 2.05) is 18.2 Å². The highest BCUT2D eigenvalue weighted by molar-refractivity contribution is 5.94. The third kappa shape index (κ3) is 1.80. The van der Waals surface area contributed by atoms with Crippen molar-refractivity contribution in [3.63, 3.8) is 0 Å². The maximum atomic E-state index is 5.75. The van der Waals surface area contributed by atoms with Gasteiger partial charge in [-0.25, -0.2) is 4.98 Å². The molecule has 0 atom stereocenters. The topological polar surface area (TPSA) is 98.9 Å². The number of hydrogen-bond donors (Lipinski definition) is 2. The van der Waals surface area contributed by atoms with Gasteiger partial charge in [-0.2, -0.15) is 10.1 Å². The van der Waals surface area contributed by atoms with Gasteiger partial charge in [-0.05, 0) is 12.1 Å². The molecular formula is C13H13N5O2. The Balaban J connectivity index is 2.38. The van der Waals surface area contributed by atoms with Crippen LogP contribution < -0.4 is 15.2 Å². The van der Waals surface area contributed by atoms with E-state index >= 15 is 0 Å². The van der Waals surface area contributed by atoms with Gasteiger partial charge in [0.05, 0.1) is 37.1 Å². The minimum atomic E-state index is 0.157. The molecule has 0 spiro atoms. The molecule has 0 fully saturated rings. The first-order chi connectivity index (χ1) is 9.74. The maximum Gasteiger partial charge on any atom is 0.222 e. The predicted molar refractivity (Wildman–Crippen MR) is 74.6 cm³/mol. The van der Waals surface area contributed by atoms with Gasteiger partial charge in [0.25, 0.3) is 0 Å². The molecule has 0 aliphatic carbocycles. The number of rotatable bonds is 3. The summed E-state index contributed by atoms with van der Waals surface area (Å²) in [4.78, 5) is 8.41. The lowest BCUT2D eigenvalue weighted by molar-refractivity contribution is 0.397. The molecule has 2 heterocycles. The Morgan fingerprint density at radius 3 is 2.45 bits per heavy atom. The van der Waals surface area contributed by atoms with Crippen LogP contribution in [0.25, 0.3) is 22.3 Å². The number of nitrogen functional groups attached to an aromatic ring is 1. The summed E-state index contributed by atoms with van der Waals surface area (Å²) in [7, 11) is 3.19. The van der Waals surface area contributed by atoms with Crippen LogP contribution in [0.4, 0.5) is 5.95 Å². The number of nitrogens with zero attached hydrogens (tertiary/aromatic N) is 3. The molecule has 0 amide bonds. The van der Waals surface area contributed by atoms with Crippen molar-refractivity contribution in [2.45, 2.75) is 0 Å². The highest BCUT2D eigenvalue weighted by Gasteiger charge is 2.18. The first kappa shape index (κ1) is 12.2. The third-order valence-corrected chi connectivity index (χ3v) is 2.99. The van der Waals surface area contributed by atoms with Crippen molar-refractivity contribution in [2.75, 3.05) is 20.0 Å². The Bertz CT molecular complexity index is 746. The normalized spacial score (nSPS) is 10.7. The second-order valence-electron chi connectivity index (χ2n) is 4.10. The van der Waals surface area contributed by atoms with Crippen molar-refractivity contribution in [1.29, 1.82) is 0 Å². The Kier molecular flexibility index (Phi) is 2.86. The van der Waals surface area contributed by atoms with E-state index in [4.69, 9.17) is 15.2 Å². The van der Waals surface area contributed by atoms with Gasteiger partial charge >= 0.3 is 0 Å². The van der Waals surface area contributed by atoms with Crippen LogP contribution in [0.15, 0.2) is 24.4 Å². The van der Waals surface area contributed by atoms with Crippen molar-refractivity contribution in [3.8, 4) is 22.8 Å². The molecule has 0 unspecified atom stereocenters. The number of nitrogens with one attached hydrogen (secondary N) is 1. The lowest BCUT2D eigenvalue weighted by Gasteiger charge is -2.13. The van der Waals surface area contributed by atoms with Gasteiger partial charge in [-0.3, -0.25) is 5.10 Å². The number of ether oxygens (including phenoxy) is 2. The second kappa shape index (κ2) is 4.69. The minimum Gasteiger partial charge on any atom is -0.496 e. The van der Waals surface area contributed by atoms with Crippen LogP contribution in [0.3, 0.4) is 0 Å². The summed E-state index contributed by atoms with van der Waals surface area (Å²) in [5.41, 5.74) is 7.66. The van der Waals surface area contributed by atoms with Gasteiger partial charge < -0.3 is 15.2 Å². The Hall–Kier alpha value is -2.83. The van der Waals surface area contributed by atoms with Crippen molar-refractivity contribution in [3.05, 3.63) is 24.4 Å². The number of H-pyrrole nitrogens is 1. The molecule has 3 N–H and O–H groups in total. The summed E-state index contributed by atoms with van der Waals surface area (Å²) in [5.74, 6) is 1.44. The quantitative estimate of drug-likeness (QED) is 0.751. The summed E-state index contributed by atoms with van der Waals surface area (Å²) in [6.07, 6.45) is 1.65. The van der Waals surface area contributed by atoms with Crippen LogP contribution in [-0.2, 0) is 0 Å². The van der Waals surface area contributed by atoms with Crippen molar-refractivity contribution >= 4 is 17.0 Å². The van der Waals surface area contributed by atoms with Crippen LogP contribution in [0.1, 0.15) is 0 Å². The molecule has 1 aromatic carbocycles. The van der Waals surface area contributed by atoms with Gasteiger partial charge in [0, 0.05) is 0 Å². The average Bonchev–Trinajstić information content (AvgIpc) is 2.93. The molecular weight excluding hydrogens is 258 g/mol. The molecule has 0 saturated carbocycles. The smallest absolute Gasteiger partial charge is 0.222 e. The summed E-state index contributed by atoms with van der Waals surface area (Å²) in [6.45, 7) is 0. The van der Waals surface area contributed by atoms with E-state index in [2.05, 4.69) is 20.2 Å². The predicted octanol–water partition coefficient (Wildman–Crippen LogP) is 1.62. The Morgan fingerprint density at radius 2 is 1.80 bits per heavy atom. The molecule has 0 bridgehead atoms. The van der Waals surface area contributed by atoms with Gasteiger partial charge in [-0.1, -0.05) is 6.07 Å². The zero-order valence-electron chi connectivity index (χ0n) is 11.0. The molecule has 3 rings (SSSR count). The van der Waals surface area contributed by atoms with Crippen molar-refractivity contribution < 1.29 is 9.47 Å². The number of hydrogen-bond acceptors (Lipinski definition) is 6. The fourth-order valence-electron chi connectivity index (χ4n) is 2.13. The number of methoxy groups -OCH3 is 2. The summed E-state index contributed by atoms with van der Waals surface area (Å²) in [6, 6.07) is 5.52. The molecule has 0 radical (unpaired) electrons. The maximum absolute atomic E-state index is 5.75. The second-order valence-corrected chi connectivity index (χ2v) is 4.10. The van der Waals surface area contributed by atoms with Gasteiger partial charge in [0.2, 0.25) is 5.95 Å². The molecule has 3 aromatic rings. The fourth-order valence-corrected chi connectivity index (χ4v) is 2.13. The van der Waals surface area contributed by atoms with E-state index in [9.17, 15) is 0 Å². The molecule has 0 saturated heterocycles. The van der Waals surface area contributed by atoms with Crippen molar-refractivity contribution in [1.82, 2.24) is 20.2 Å². The van der Waals surface area contributed by atoms with E-state index < -0.39 is 0 Å². The monoisotopic (exact) mass is 271 g/mol. The SMILES string of the molecule is COc1cccc(OC)c1-c1nc(N)nc2[nH]ncc12. The van der Waals surface area contributed by atoms with Crippen molar-refractivity contribution in [2.24, 2.45) is 0 Å². The molecule has 102 valence electrons. The number of fused-ring (bicyclic) bond motifs is 1. The molecule has 0 aliphatic rings. The zero-order valence-corrected chi connectivity index (χ0v) is 11.0. The van der Waals surface area contributed by atoms with E-state index in [0.717, 1.165) is 10.9 Å². The van der Waals surface area contributed by atoms with Crippen LogP contribution >= 0.6 is 0 Å². The summed E-state index contributed by atoms with van der Waals surface area (Å²) >= 11 is 0. The number of aromatic nitrogens is 4. The summed E-state index contributed by atoms with van der Waals surface area (Å²) in [5, 5.41) is 7.51. The largest absolute Gasteiger partial charge is 0.496 e. The number of benzene rings is 1. The van der Waals surface area contributed by atoms with E-state index in [-0.39, 0.29) is 5.95 Å². The molecule has 7 nitrogen and oxygen atoms in total. The first-order valence-electron chi connectivity index (χ1n) is 5.92. The summed E-state index contributed by atoms with van der Waals surface area (Å²) < 4.78 is 10.8. The van der Waals surface area contributed by atoms with E-state index in [1.165, 1.54) is 0 Å². The van der Waals surface area contributed by atoms with Gasteiger partial charge in [0.1, 0.15) is 11.5 Å². The highest BCUT2D eigenvalue weighted by Crippen LogP contribution is 2.39. The van der Waals surface area contributed by atoms with Crippen LogP contribution in [0.2, 0.25) is 0 Å². The zero-order chi connectivity index (χ0) is 14.1. The van der Waals surface area contributed by atoms with Crippen LogP contribution in [-0.4, -0.2) is 34.4 Å². The third-order valence-electron chi connectivity index (χ3n) is 2.99. The van der Waals surface area contributed by atoms with Gasteiger partial charge in [0.15, 0.2) is 5.65 Å². The molecule has 0 aliphatic heterocycles. The number of nitrogens with two attached hydrogens (primary N) is 1. The average molecular weight is 271 g/mol. The Morgan fingerprint density at radius 1 is 1.10 bits per heavy atom. The van der Waals surface area contributed by atoms with E-state index in [0.29, 0.717) is 22.8 Å². The Labute approximate surface area is 114 Å². The minimum absolute atomic E-state index is 0.157. The number of anilines is 1. The van der Waals surface area contributed by atoms with Crippen LogP contribution in [0, 0.1) is 0 Å². The molecule has 2 aromatic heterocycles. The lowest BCUT2D eigenvalue weighted by Crippen LogP contribution is -2.00. The molecule has 7 heteroatoms.